The monoisotopic (exact) mass is 318 g/mol. The molecule has 2 nitrogen and oxygen atoms in total. The lowest BCUT2D eigenvalue weighted by Gasteiger charge is -2.34. The van der Waals surface area contributed by atoms with Crippen LogP contribution in [0, 0.1) is 0 Å². The molecule has 4 rings (SSSR count). The van der Waals surface area contributed by atoms with E-state index in [4.69, 9.17) is 0 Å². The first-order chi connectivity index (χ1) is 10.4. The van der Waals surface area contributed by atoms with Gasteiger partial charge in [-0.3, -0.25) is 0 Å². The van der Waals surface area contributed by atoms with Crippen molar-refractivity contribution in [1.82, 2.24) is 10.2 Å². The van der Waals surface area contributed by atoms with Gasteiger partial charge in [0.05, 0.1) is 6.04 Å². The van der Waals surface area contributed by atoms with E-state index in [1.54, 1.807) is 0 Å². The summed E-state index contributed by atoms with van der Waals surface area (Å²) in [5.74, 6) is 0. The maximum atomic E-state index is 3.93. The molecule has 0 aromatic carbocycles. The zero-order valence-corrected chi connectivity index (χ0v) is 13.8. The van der Waals surface area contributed by atoms with Crippen LogP contribution in [-0.2, 0) is 0 Å². The SMILES string of the molecule is c1csc(C(NC2CCN(C3CC3)CC2)c2cccs2)c1. The van der Waals surface area contributed by atoms with Gasteiger partial charge < -0.3 is 10.2 Å². The van der Waals surface area contributed by atoms with E-state index in [9.17, 15) is 0 Å². The van der Waals surface area contributed by atoms with E-state index in [1.807, 2.05) is 22.7 Å². The van der Waals surface area contributed by atoms with Crippen molar-refractivity contribution in [1.29, 1.82) is 0 Å². The molecule has 1 saturated heterocycles. The van der Waals surface area contributed by atoms with E-state index in [2.05, 4.69) is 45.2 Å². The van der Waals surface area contributed by atoms with E-state index in [0.29, 0.717) is 12.1 Å². The van der Waals surface area contributed by atoms with Crippen molar-refractivity contribution in [3.8, 4) is 0 Å². The van der Waals surface area contributed by atoms with Crippen molar-refractivity contribution in [2.75, 3.05) is 13.1 Å². The van der Waals surface area contributed by atoms with E-state index in [1.165, 1.54) is 48.5 Å². The highest BCUT2D eigenvalue weighted by Crippen LogP contribution is 2.32. The average Bonchev–Trinajstić information content (AvgIpc) is 3.02. The van der Waals surface area contributed by atoms with Gasteiger partial charge >= 0.3 is 0 Å². The van der Waals surface area contributed by atoms with Gasteiger partial charge in [0.25, 0.3) is 0 Å². The predicted molar refractivity (Wildman–Crippen MR) is 91.2 cm³/mol. The van der Waals surface area contributed by atoms with Crippen molar-refractivity contribution < 1.29 is 0 Å². The predicted octanol–water partition coefficient (Wildman–Crippen LogP) is 4.12. The summed E-state index contributed by atoms with van der Waals surface area (Å²) in [4.78, 5) is 5.59. The van der Waals surface area contributed by atoms with Crippen LogP contribution in [0.3, 0.4) is 0 Å². The summed E-state index contributed by atoms with van der Waals surface area (Å²) in [7, 11) is 0. The molecule has 2 aromatic heterocycles. The smallest absolute Gasteiger partial charge is 0.0767 e. The Morgan fingerprint density at radius 3 is 2.05 bits per heavy atom. The largest absolute Gasteiger partial charge is 0.302 e. The number of nitrogens with zero attached hydrogens (tertiary/aromatic N) is 1. The maximum Gasteiger partial charge on any atom is 0.0767 e. The fraction of sp³-hybridized carbons (Fsp3) is 0.529. The topological polar surface area (TPSA) is 15.3 Å². The van der Waals surface area contributed by atoms with Crippen LogP contribution in [0.25, 0.3) is 0 Å². The summed E-state index contributed by atoms with van der Waals surface area (Å²) >= 11 is 3.73. The molecule has 4 heteroatoms. The summed E-state index contributed by atoms with van der Waals surface area (Å²) in [6, 6.07) is 10.8. The number of piperidine rings is 1. The molecule has 0 amide bonds. The summed E-state index contributed by atoms with van der Waals surface area (Å²) in [5, 5.41) is 8.31. The van der Waals surface area contributed by atoms with Gasteiger partial charge in [0, 0.05) is 21.8 Å². The van der Waals surface area contributed by atoms with E-state index in [0.717, 1.165) is 6.04 Å². The van der Waals surface area contributed by atoms with Crippen LogP contribution >= 0.6 is 22.7 Å². The summed E-state index contributed by atoms with van der Waals surface area (Å²) in [6.07, 6.45) is 5.46. The first-order valence-corrected chi connectivity index (χ1v) is 9.73. The van der Waals surface area contributed by atoms with E-state index in [-0.39, 0.29) is 0 Å². The maximum absolute atomic E-state index is 3.93. The Morgan fingerprint density at radius 1 is 0.952 bits per heavy atom. The zero-order valence-electron chi connectivity index (χ0n) is 12.2. The average molecular weight is 319 g/mol. The Morgan fingerprint density at radius 2 is 1.57 bits per heavy atom. The lowest BCUT2D eigenvalue weighted by Crippen LogP contribution is -2.44. The standard InChI is InChI=1S/C17H22N2S2/c1-3-15(20-11-1)17(16-4-2-12-21-16)18-13-7-9-19(10-8-13)14-5-6-14/h1-4,11-14,17-18H,5-10H2. The van der Waals surface area contributed by atoms with Gasteiger partial charge in [-0.15, -0.1) is 22.7 Å². The van der Waals surface area contributed by atoms with Crippen LogP contribution in [0.15, 0.2) is 35.0 Å². The minimum absolute atomic E-state index is 0.391. The molecule has 1 N–H and O–H groups in total. The molecule has 112 valence electrons. The van der Waals surface area contributed by atoms with Gasteiger partial charge in [-0.05, 0) is 61.7 Å². The molecule has 1 aliphatic heterocycles. The molecule has 2 fully saturated rings. The minimum Gasteiger partial charge on any atom is -0.302 e. The quantitative estimate of drug-likeness (QED) is 0.892. The van der Waals surface area contributed by atoms with Gasteiger partial charge in [0.1, 0.15) is 0 Å². The number of nitrogens with one attached hydrogen (secondary N) is 1. The summed E-state index contributed by atoms with van der Waals surface area (Å²) in [5.41, 5.74) is 0. The van der Waals surface area contributed by atoms with Gasteiger partial charge in [-0.25, -0.2) is 0 Å². The van der Waals surface area contributed by atoms with Crippen LogP contribution in [0.5, 0.6) is 0 Å². The second-order valence-electron chi connectivity index (χ2n) is 6.17. The Hall–Kier alpha value is -0.680. The first-order valence-electron chi connectivity index (χ1n) is 7.97. The lowest BCUT2D eigenvalue weighted by molar-refractivity contribution is 0.186. The zero-order chi connectivity index (χ0) is 14.1. The molecular formula is C17H22N2S2. The fourth-order valence-corrected chi connectivity index (χ4v) is 5.00. The number of hydrogen-bond acceptors (Lipinski definition) is 4. The third-order valence-electron chi connectivity index (χ3n) is 4.65. The van der Waals surface area contributed by atoms with Gasteiger partial charge in [-0.2, -0.15) is 0 Å². The molecule has 0 radical (unpaired) electrons. The van der Waals surface area contributed by atoms with E-state index >= 15 is 0 Å². The van der Waals surface area contributed by atoms with Crippen LogP contribution in [0.4, 0.5) is 0 Å². The van der Waals surface area contributed by atoms with Crippen molar-refractivity contribution >= 4 is 22.7 Å². The van der Waals surface area contributed by atoms with Gasteiger partial charge in [0.2, 0.25) is 0 Å². The van der Waals surface area contributed by atoms with Crippen LogP contribution < -0.4 is 5.32 Å². The molecule has 3 heterocycles. The van der Waals surface area contributed by atoms with Crippen LogP contribution in [0.1, 0.15) is 41.5 Å². The van der Waals surface area contributed by atoms with Crippen molar-refractivity contribution in [2.24, 2.45) is 0 Å². The fourth-order valence-electron chi connectivity index (χ4n) is 3.32. The Bertz CT molecular complexity index is 503. The Balaban J connectivity index is 1.43. The lowest BCUT2D eigenvalue weighted by atomic mass is 10.0. The second kappa shape index (κ2) is 6.21. The highest BCUT2D eigenvalue weighted by atomic mass is 32.1. The Kier molecular flexibility index (Phi) is 4.12. The normalized spacial score (nSPS) is 21.2. The summed E-state index contributed by atoms with van der Waals surface area (Å²) in [6.45, 7) is 2.56. The number of thiophene rings is 2. The van der Waals surface area contributed by atoms with Crippen molar-refractivity contribution in [2.45, 2.75) is 43.8 Å². The molecular weight excluding hydrogens is 296 g/mol. The molecule has 0 bridgehead atoms. The second-order valence-corrected chi connectivity index (χ2v) is 8.13. The van der Waals surface area contributed by atoms with Gasteiger partial charge in [-0.1, -0.05) is 12.1 Å². The van der Waals surface area contributed by atoms with Crippen molar-refractivity contribution in [3.05, 3.63) is 44.8 Å². The molecule has 0 spiro atoms. The van der Waals surface area contributed by atoms with Crippen molar-refractivity contribution in [3.63, 3.8) is 0 Å². The molecule has 2 aliphatic rings. The third kappa shape index (κ3) is 3.24. The van der Waals surface area contributed by atoms with Crippen LogP contribution in [0.2, 0.25) is 0 Å². The number of hydrogen-bond donors (Lipinski definition) is 1. The third-order valence-corrected chi connectivity index (χ3v) is 6.52. The minimum atomic E-state index is 0.391. The molecule has 1 saturated carbocycles. The highest BCUT2D eigenvalue weighted by molar-refractivity contribution is 7.11. The molecule has 0 atom stereocenters. The van der Waals surface area contributed by atoms with E-state index < -0.39 is 0 Å². The molecule has 1 aliphatic carbocycles. The number of likely N-dealkylation sites (tertiary alicyclic amines) is 1. The Labute approximate surface area is 134 Å². The number of rotatable bonds is 5. The molecule has 2 aromatic rings. The summed E-state index contributed by atoms with van der Waals surface area (Å²) < 4.78 is 0. The molecule has 21 heavy (non-hydrogen) atoms. The van der Waals surface area contributed by atoms with Crippen LogP contribution in [-0.4, -0.2) is 30.1 Å². The van der Waals surface area contributed by atoms with Gasteiger partial charge in [0.15, 0.2) is 0 Å². The molecule has 0 unspecified atom stereocenters. The first kappa shape index (κ1) is 13.9. The highest BCUT2D eigenvalue weighted by Gasteiger charge is 2.32.